The molecule has 0 aromatic carbocycles. The number of hydrogen-bond acceptors (Lipinski definition) is 5. The van der Waals surface area contributed by atoms with Gasteiger partial charge < -0.3 is 4.52 Å². The SMILES string of the molecule is CC(C)SCc1noc(C(C)CCC#N)n1. The monoisotopic (exact) mass is 239 g/mol. The van der Waals surface area contributed by atoms with Gasteiger partial charge in [0.15, 0.2) is 5.82 Å². The zero-order valence-electron chi connectivity index (χ0n) is 9.93. The predicted molar refractivity (Wildman–Crippen MR) is 64.0 cm³/mol. The highest BCUT2D eigenvalue weighted by Crippen LogP contribution is 2.20. The van der Waals surface area contributed by atoms with E-state index in [0.717, 1.165) is 18.0 Å². The lowest BCUT2D eigenvalue weighted by atomic mass is 10.1. The smallest absolute Gasteiger partial charge is 0.229 e. The lowest BCUT2D eigenvalue weighted by Gasteiger charge is -2.01. The number of thioether (sulfide) groups is 1. The van der Waals surface area contributed by atoms with E-state index < -0.39 is 0 Å². The Morgan fingerprint density at radius 2 is 2.19 bits per heavy atom. The molecule has 0 bridgehead atoms. The number of hydrogen-bond donors (Lipinski definition) is 0. The van der Waals surface area contributed by atoms with E-state index in [9.17, 15) is 0 Å². The maximum absolute atomic E-state index is 8.49. The fourth-order valence-electron chi connectivity index (χ4n) is 1.17. The number of aromatic nitrogens is 2. The topological polar surface area (TPSA) is 62.7 Å². The van der Waals surface area contributed by atoms with E-state index >= 15 is 0 Å². The normalized spacial score (nSPS) is 12.7. The summed E-state index contributed by atoms with van der Waals surface area (Å²) in [4.78, 5) is 4.33. The third-order valence-electron chi connectivity index (χ3n) is 2.14. The minimum absolute atomic E-state index is 0.171. The Morgan fingerprint density at radius 3 is 2.81 bits per heavy atom. The zero-order chi connectivity index (χ0) is 12.0. The van der Waals surface area contributed by atoms with Crippen molar-refractivity contribution in [3.63, 3.8) is 0 Å². The molecule has 4 nitrogen and oxygen atoms in total. The van der Waals surface area contributed by atoms with Crippen LogP contribution in [0.3, 0.4) is 0 Å². The Balaban J connectivity index is 2.47. The van der Waals surface area contributed by atoms with Crippen molar-refractivity contribution >= 4 is 11.8 Å². The van der Waals surface area contributed by atoms with Crippen molar-refractivity contribution in [1.29, 1.82) is 5.26 Å². The van der Waals surface area contributed by atoms with Crippen molar-refractivity contribution in [3.05, 3.63) is 11.7 Å². The molecule has 1 atom stereocenters. The van der Waals surface area contributed by atoms with Crippen LogP contribution in [0.5, 0.6) is 0 Å². The Bertz CT molecular complexity index is 356. The summed E-state index contributed by atoms with van der Waals surface area (Å²) in [6.07, 6.45) is 1.30. The maximum atomic E-state index is 8.49. The van der Waals surface area contributed by atoms with Crippen LogP contribution in [0.4, 0.5) is 0 Å². The molecule has 88 valence electrons. The quantitative estimate of drug-likeness (QED) is 0.763. The van der Waals surface area contributed by atoms with Gasteiger partial charge in [-0.3, -0.25) is 0 Å². The first kappa shape index (κ1) is 13.0. The number of nitrogens with zero attached hydrogens (tertiary/aromatic N) is 3. The molecular weight excluding hydrogens is 222 g/mol. The largest absolute Gasteiger partial charge is 0.339 e. The van der Waals surface area contributed by atoms with Gasteiger partial charge in [0.1, 0.15) is 0 Å². The second-order valence-corrected chi connectivity index (χ2v) is 5.57. The molecule has 0 saturated heterocycles. The third-order valence-corrected chi connectivity index (χ3v) is 3.23. The molecule has 1 aromatic rings. The highest BCUT2D eigenvalue weighted by molar-refractivity contribution is 7.99. The van der Waals surface area contributed by atoms with Gasteiger partial charge in [0, 0.05) is 12.3 Å². The molecule has 1 heterocycles. The maximum Gasteiger partial charge on any atom is 0.229 e. The molecule has 0 radical (unpaired) electrons. The van der Waals surface area contributed by atoms with E-state index in [1.807, 2.05) is 6.92 Å². The van der Waals surface area contributed by atoms with Gasteiger partial charge in [-0.1, -0.05) is 25.9 Å². The van der Waals surface area contributed by atoms with Gasteiger partial charge in [0.05, 0.1) is 11.8 Å². The highest BCUT2D eigenvalue weighted by Gasteiger charge is 2.14. The van der Waals surface area contributed by atoms with Gasteiger partial charge in [-0.15, -0.1) is 0 Å². The van der Waals surface area contributed by atoms with Gasteiger partial charge in [0.25, 0.3) is 0 Å². The second kappa shape index (κ2) is 6.54. The molecule has 0 amide bonds. The highest BCUT2D eigenvalue weighted by atomic mass is 32.2. The second-order valence-electron chi connectivity index (χ2n) is 4.01. The molecule has 5 heteroatoms. The summed E-state index contributed by atoms with van der Waals surface area (Å²) in [5.41, 5.74) is 0. The first-order valence-electron chi connectivity index (χ1n) is 5.44. The Kier molecular flexibility index (Phi) is 5.33. The first-order valence-corrected chi connectivity index (χ1v) is 6.49. The summed E-state index contributed by atoms with van der Waals surface area (Å²) in [7, 11) is 0. The fraction of sp³-hybridized carbons (Fsp3) is 0.727. The molecule has 0 N–H and O–H groups in total. The Labute approximate surface area is 100 Å². The van der Waals surface area contributed by atoms with Crippen molar-refractivity contribution in [2.75, 3.05) is 0 Å². The molecule has 1 unspecified atom stereocenters. The Morgan fingerprint density at radius 1 is 1.44 bits per heavy atom. The van der Waals surface area contributed by atoms with Crippen molar-refractivity contribution in [1.82, 2.24) is 10.1 Å². The van der Waals surface area contributed by atoms with Crippen LogP contribution in [0.25, 0.3) is 0 Å². The molecule has 0 fully saturated rings. The Hall–Kier alpha value is -1.02. The summed E-state index contributed by atoms with van der Waals surface area (Å²) < 4.78 is 5.17. The molecule has 1 rings (SSSR count). The fourth-order valence-corrected chi connectivity index (χ4v) is 1.77. The molecule has 0 aliphatic rings. The molecule has 0 aliphatic carbocycles. The molecule has 0 saturated carbocycles. The third kappa shape index (κ3) is 4.23. The van der Waals surface area contributed by atoms with Crippen LogP contribution in [-0.2, 0) is 5.75 Å². The summed E-state index contributed by atoms with van der Waals surface area (Å²) in [5.74, 6) is 2.35. The standard InChI is InChI=1S/C11H17N3OS/c1-8(2)16-7-10-13-11(15-14-10)9(3)5-4-6-12/h8-9H,4-5,7H2,1-3H3. The van der Waals surface area contributed by atoms with Gasteiger partial charge in [-0.2, -0.15) is 22.0 Å². The van der Waals surface area contributed by atoms with E-state index in [2.05, 4.69) is 30.1 Å². The lowest BCUT2D eigenvalue weighted by molar-refractivity contribution is 0.351. The van der Waals surface area contributed by atoms with Gasteiger partial charge in [-0.25, -0.2) is 0 Å². The number of rotatable bonds is 6. The van der Waals surface area contributed by atoms with Crippen LogP contribution in [-0.4, -0.2) is 15.4 Å². The molecule has 16 heavy (non-hydrogen) atoms. The zero-order valence-corrected chi connectivity index (χ0v) is 10.8. The number of nitriles is 1. The van der Waals surface area contributed by atoms with E-state index in [1.165, 1.54) is 0 Å². The summed E-state index contributed by atoms with van der Waals surface area (Å²) in [5, 5.41) is 13.0. The van der Waals surface area contributed by atoms with Crippen LogP contribution >= 0.6 is 11.8 Å². The van der Waals surface area contributed by atoms with Crippen molar-refractivity contribution in [3.8, 4) is 6.07 Å². The van der Waals surface area contributed by atoms with Gasteiger partial charge >= 0.3 is 0 Å². The lowest BCUT2D eigenvalue weighted by Crippen LogP contribution is -1.95. The van der Waals surface area contributed by atoms with Crippen molar-refractivity contribution in [2.45, 2.75) is 50.5 Å². The average Bonchev–Trinajstić information content (AvgIpc) is 2.71. The molecule has 1 aromatic heterocycles. The van der Waals surface area contributed by atoms with E-state index in [0.29, 0.717) is 17.6 Å². The van der Waals surface area contributed by atoms with Crippen LogP contribution in [0, 0.1) is 11.3 Å². The summed E-state index contributed by atoms with van der Waals surface area (Å²) in [6.45, 7) is 6.28. The molecular formula is C11H17N3OS. The van der Waals surface area contributed by atoms with Gasteiger partial charge in [0.2, 0.25) is 5.89 Å². The van der Waals surface area contributed by atoms with Gasteiger partial charge in [-0.05, 0) is 11.7 Å². The molecule has 0 aliphatic heterocycles. The van der Waals surface area contributed by atoms with Crippen LogP contribution < -0.4 is 0 Å². The van der Waals surface area contributed by atoms with Crippen LogP contribution in [0.2, 0.25) is 0 Å². The first-order chi connectivity index (χ1) is 7.63. The summed E-state index contributed by atoms with van der Waals surface area (Å²) in [6, 6.07) is 2.12. The van der Waals surface area contributed by atoms with E-state index in [4.69, 9.17) is 9.78 Å². The van der Waals surface area contributed by atoms with Crippen molar-refractivity contribution < 1.29 is 4.52 Å². The molecule has 0 spiro atoms. The van der Waals surface area contributed by atoms with Crippen LogP contribution in [0.15, 0.2) is 4.52 Å². The summed E-state index contributed by atoms with van der Waals surface area (Å²) >= 11 is 1.79. The predicted octanol–water partition coefficient (Wildman–Crippen LogP) is 3.12. The average molecular weight is 239 g/mol. The van der Waals surface area contributed by atoms with E-state index in [-0.39, 0.29) is 5.92 Å². The van der Waals surface area contributed by atoms with Crippen molar-refractivity contribution in [2.24, 2.45) is 0 Å². The van der Waals surface area contributed by atoms with Crippen LogP contribution in [0.1, 0.15) is 51.2 Å². The minimum Gasteiger partial charge on any atom is -0.339 e. The minimum atomic E-state index is 0.171. The van der Waals surface area contributed by atoms with E-state index in [1.54, 1.807) is 11.8 Å².